The van der Waals surface area contributed by atoms with Crippen molar-refractivity contribution in [3.05, 3.63) is 69.8 Å². The molecule has 1 atom stereocenters. The van der Waals surface area contributed by atoms with E-state index in [2.05, 4.69) is 83.3 Å². The van der Waals surface area contributed by atoms with E-state index in [9.17, 15) is 0 Å². The Kier molecular flexibility index (Phi) is 3.02. The second-order valence-corrected chi connectivity index (χ2v) is 5.76. The van der Waals surface area contributed by atoms with E-state index < -0.39 is 0 Å². The van der Waals surface area contributed by atoms with Gasteiger partial charge in [0.25, 0.3) is 0 Å². The number of halogens is 1. The standard InChI is InChI=1S/C16H13I/c17-14-8-3-7-13(11-14)16-10-4-6-12-5-1-2-9-15(12)16/h1-10,13H,11H2. The summed E-state index contributed by atoms with van der Waals surface area (Å²) >= 11 is 2.43. The van der Waals surface area contributed by atoms with Gasteiger partial charge in [-0.05, 0) is 48.9 Å². The Hall–Kier alpha value is -1.09. The van der Waals surface area contributed by atoms with Crippen LogP contribution in [0.25, 0.3) is 10.8 Å². The van der Waals surface area contributed by atoms with Crippen molar-refractivity contribution in [1.82, 2.24) is 0 Å². The van der Waals surface area contributed by atoms with E-state index in [1.807, 2.05) is 0 Å². The topological polar surface area (TPSA) is 0 Å². The van der Waals surface area contributed by atoms with Crippen molar-refractivity contribution in [2.75, 3.05) is 0 Å². The van der Waals surface area contributed by atoms with Gasteiger partial charge in [-0.15, -0.1) is 0 Å². The highest BCUT2D eigenvalue weighted by molar-refractivity contribution is 14.1. The van der Waals surface area contributed by atoms with E-state index in [1.54, 1.807) is 0 Å². The summed E-state index contributed by atoms with van der Waals surface area (Å²) in [5.74, 6) is 0.526. The van der Waals surface area contributed by atoms with Crippen molar-refractivity contribution in [2.45, 2.75) is 12.3 Å². The van der Waals surface area contributed by atoms with Crippen molar-refractivity contribution < 1.29 is 0 Å². The van der Waals surface area contributed by atoms with E-state index in [0.717, 1.165) is 6.42 Å². The van der Waals surface area contributed by atoms with Crippen molar-refractivity contribution in [3.8, 4) is 0 Å². The number of hydrogen-bond donors (Lipinski definition) is 0. The fraction of sp³-hybridized carbons (Fsp3) is 0.125. The van der Waals surface area contributed by atoms with Crippen LogP contribution in [0.3, 0.4) is 0 Å². The number of allylic oxidation sites excluding steroid dienone is 4. The summed E-state index contributed by atoms with van der Waals surface area (Å²) in [5, 5.41) is 2.72. The van der Waals surface area contributed by atoms with E-state index in [1.165, 1.54) is 19.9 Å². The monoisotopic (exact) mass is 332 g/mol. The highest BCUT2D eigenvalue weighted by atomic mass is 127. The molecule has 0 fully saturated rings. The molecule has 3 rings (SSSR count). The summed E-state index contributed by atoms with van der Waals surface area (Å²) in [5.41, 5.74) is 1.45. The van der Waals surface area contributed by atoms with Crippen LogP contribution < -0.4 is 0 Å². The maximum atomic E-state index is 2.43. The molecule has 0 N–H and O–H groups in total. The molecule has 0 aliphatic heterocycles. The predicted octanol–water partition coefficient (Wildman–Crippen LogP) is 5.20. The zero-order valence-corrected chi connectivity index (χ0v) is 11.6. The van der Waals surface area contributed by atoms with E-state index in [4.69, 9.17) is 0 Å². The normalized spacial score (nSPS) is 19.4. The highest BCUT2D eigenvalue weighted by Crippen LogP contribution is 2.34. The van der Waals surface area contributed by atoms with Crippen molar-refractivity contribution in [1.29, 1.82) is 0 Å². The lowest BCUT2D eigenvalue weighted by atomic mass is 9.89. The quantitative estimate of drug-likeness (QED) is 0.630. The van der Waals surface area contributed by atoms with Crippen LogP contribution >= 0.6 is 22.6 Å². The third-order valence-corrected chi connectivity index (χ3v) is 4.06. The molecule has 0 aromatic heterocycles. The smallest absolute Gasteiger partial charge is 0.00720 e. The van der Waals surface area contributed by atoms with Gasteiger partial charge < -0.3 is 0 Å². The lowest BCUT2D eigenvalue weighted by Gasteiger charge is -2.18. The van der Waals surface area contributed by atoms with Crippen LogP contribution in [0.5, 0.6) is 0 Å². The molecule has 1 aliphatic carbocycles. The summed E-state index contributed by atoms with van der Waals surface area (Å²) in [6.07, 6.45) is 7.81. The van der Waals surface area contributed by atoms with Crippen LogP contribution in [0.15, 0.2) is 64.3 Å². The zero-order valence-electron chi connectivity index (χ0n) is 9.44. The van der Waals surface area contributed by atoms with Crippen LogP contribution in [-0.2, 0) is 0 Å². The lowest BCUT2D eigenvalue weighted by molar-refractivity contribution is 0.858. The first-order valence-electron chi connectivity index (χ1n) is 5.85. The Bertz CT molecular complexity index is 602. The van der Waals surface area contributed by atoms with Crippen LogP contribution in [-0.4, -0.2) is 0 Å². The minimum absolute atomic E-state index is 0.526. The molecule has 84 valence electrons. The Morgan fingerprint density at radius 3 is 2.71 bits per heavy atom. The summed E-state index contributed by atoms with van der Waals surface area (Å²) < 4.78 is 1.43. The third kappa shape index (κ3) is 2.16. The Morgan fingerprint density at radius 2 is 1.82 bits per heavy atom. The van der Waals surface area contributed by atoms with Crippen molar-refractivity contribution in [2.24, 2.45) is 0 Å². The number of rotatable bonds is 1. The van der Waals surface area contributed by atoms with Crippen molar-refractivity contribution in [3.63, 3.8) is 0 Å². The molecule has 2 aromatic rings. The molecule has 0 heterocycles. The molecule has 1 unspecified atom stereocenters. The first-order valence-corrected chi connectivity index (χ1v) is 6.93. The predicted molar refractivity (Wildman–Crippen MR) is 82.5 cm³/mol. The average Bonchev–Trinajstić information content (AvgIpc) is 2.38. The van der Waals surface area contributed by atoms with Gasteiger partial charge in [0.15, 0.2) is 0 Å². The SMILES string of the molecule is IC1=CC=CC(c2cccc3ccccc23)C1. The zero-order chi connectivity index (χ0) is 11.7. The molecular weight excluding hydrogens is 319 g/mol. The van der Waals surface area contributed by atoms with Crippen LogP contribution in [0, 0.1) is 0 Å². The fourth-order valence-corrected chi connectivity index (χ4v) is 3.11. The van der Waals surface area contributed by atoms with Crippen LogP contribution in [0.2, 0.25) is 0 Å². The molecule has 2 aromatic carbocycles. The summed E-state index contributed by atoms with van der Waals surface area (Å²) in [7, 11) is 0. The van der Waals surface area contributed by atoms with Crippen LogP contribution in [0.4, 0.5) is 0 Å². The largest absolute Gasteiger partial charge is 0.0766 e. The van der Waals surface area contributed by atoms with Gasteiger partial charge in [0.2, 0.25) is 0 Å². The van der Waals surface area contributed by atoms with Gasteiger partial charge >= 0.3 is 0 Å². The summed E-state index contributed by atoms with van der Waals surface area (Å²) in [6, 6.07) is 15.2. The molecule has 0 saturated heterocycles. The second-order valence-electron chi connectivity index (χ2n) is 4.38. The van der Waals surface area contributed by atoms with Gasteiger partial charge in [0.1, 0.15) is 0 Å². The Balaban J connectivity index is 2.12. The second kappa shape index (κ2) is 4.65. The molecule has 0 nitrogen and oxygen atoms in total. The van der Waals surface area contributed by atoms with Gasteiger partial charge in [-0.1, -0.05) is 60.7 Å². The molecular formula is C16H13I. The van der Waals surface area contributed by atoms with Crippen LogP contribution in [0.1, 0.15) is 17.9 Å². The Morgan fingerprint density at radius 1 is 1.00 bits per heavy atom. The number of fused-ring (bicyclic) bond motifs is 1. The molecule has 0 saturated carbocycles. The van der Waals surface area contributed by atoms with Gasteiger partial charge in [-0.3, -0.25) is 0 Å². The molecule has 0 radical (unpaired) electrons. The number of hydrogen-bond acceptors (Lipinski definition) is 0. The van der Waals surface area contributed by atoms with Gasteiger partial charge in [-0.2, -0.15) is 0 Å². The van der Waals surface area contributed by atoms with Gasteiger partial charge in [-0.25, -0.2) is 0 Å². The lowest BCUT2D eigenvalue weighted by Crippen LogP contribution is -1.99. The molecule has 0 amide bonds. The minimum atomic E-state index is 0.526. The molecule has 1 heteroatoms. The summed E-state index contributed by atoms with van der Waals surface area (Å²) in [6.45, 7) is 0. The summed E-state index contributed by atoms with van der Waals surface area (Å²) in [4.78, 5) is 0. The molecule has 0 bridgehead atoms. The van der Waals surface area contributed by atoms with E-state index in [-0.39, 0.29) is 0 Å². The van der Waals surface area contributed by atoms with E-state index in [0.29, 0.717) is 5.92 Å². The highest BCUT2D eigenvalue weighted by Gasteiger charge is 2.14. The minimum Gasteiger partial charge on any atom is -0.0766 e. The first kappa shape index (κ1) is 11.0. The average molecular weight is 332 g/mol. The third-order valence-electron chi connectivity index (χ3n) is 3.26. The van der Waals surface area contributed by atoms with Gasteiger partial charge in [0.05, 0.1) is 0 Å². The molecule has 1 aliphatic rings. The van der Waals surface area contributed by atoms with E-state index >= 15 is 0 Å². The first-order chi connectivity index (χ1) is 8.34. The van der Waals surface area contributed by atoms with Crippen molar-refractivity contribution >= 4 is 33.4 Å². The Labute approximate surface area is 115 Å². The molecule has 17 heavy (non-hydrogen) atoms. The molecule has 0 spiro atoms. The van der Waals surface area contributed by atoms with Gasteiger partial charge in [0, 0.05) is 5.92 Å². The fourth-order valence-electron chi connectivity index (χ4n) is 2.43. The maximum absolute atomic E-state index is 2.43. The maximum Gasteiger partial charge on any atom is 0.00720 e. The number of benzene rings is 2.